The van der Waals surface area contributed by atoms with E-state index in [4.69, 9.17) is 26.4 Å². The van der Waals surface area contributed by atoms with Crippen LogP contribution in [-0.4, -0.2) is 52.8 Å². The number of aromatic nitrogens is 1. The molecule has 0 unspecified atom stereocenters. The van der Waals surface area contributed by atoms with Gasteiger partial charge in [0.25, 0.3) is 11.5 Å². The maximum Gasteiger partial charge on any atom is 0.270 e. The van der Waals surface area contributed by atoms with E-state index in [1.807, 2.05) is 18.2 Å². The Balaban J connectivity index is 1.55. The first kappa shape index (κ1) is 26.3. The van der Waals surface area contributed by atoms with Gasteiger partial charge in [0, 0.05) is 25.2 Å². The van der Waals surface area contributed by atoms with E-state index in [0.717, 1.165) is 24.2 Å². The molecule has 0 aliphatic carbocycles. The number of anilines is 1. The maximum absolute atomic E-state index is 13.6. The van der Waals surface area contributed by atoms with Gasteiger partial charge in [-0.05, 0) is 42.7 Å². The van der Waals surface area contributed by atoms with Crippen LogP contribution in [0.2, 0.25) is 0 Å². The van der Waals surface area contributed by atoms with Crippen LogP contribution in [0.3, 0.4) is 0 Å². The summed E-state index contributed by atoms with van der Waals surface area (Å²) in [5, 5.41) is 9.86. The van der Waals surface area contributed by atoms with E-state index >= 15 is 0 Å². The summed E-state index contributed by atoms with van der Waals surface area (Å²) < 4.78 is 18.5. The Bertz CT molecular complexity index is 1420. The van der Waals surface area contributed by atoms with Crippen molar-refractivity contribution in [3.8, 4) is 17.6 Å². The molecule has 9 nitrogen and oxygen atoms in total. The number of benzene rings is 1. The zero-order valence-electron chi connectivity index (χ0n) is 21.3. The van der Waals surface area contributed by atoms with Crippen LogP contribution < -0.4 is 19.9 Å². The maximum atomic E-state index is 13.6. The van der Waals surface area contributed by atoms with Gasteiger partial charge < -0.3 is 19.1 Å². The summed E-state index contributed by atoms with van der Waals surface area (Å²) in [6.07, 6.45) is 3.49. The van der Waals surface area contributed by atoms with Crippen LogP contribution in [0.15, 0.2) is 27.9 Å². The summed E-state index contributed by atoms with van der Waals surface area (Å²) in [4.78, 5) is 31.1. The van der Waals surface area contributed by atoms with Crippen molar-refractivity contribution < 1.29 is 19.0 Å². The fraction of sp³-hybridized carbons (Fsp3) is 0.407. The van der Waals surface area contributed by atoms with Gasteiger partial charge in [-0.1, -0.05) is 43.4 Å². The normalized spacial score (nSPS) is 18.0. The number of nitriles is 1. The predicted molar refractivity (Wildman–Crippen MR) is 149 cm³/mol. The van der Waals surface area contributed by atoms with E-state index in [0.29, 0.717) is 71.2 Å². The minimum absolute atomic E-state index is 0.0974. The van der Waals surface area contributed by atoms with Gasteiger partial charge in [-0.3, -0.25) is 19.1 Å². The van der Waals surface area contributed by atoms with E-state index in [1.165, 1.54) is 11.8 Å². The lowest BCUT2D eigenvalue weighted by molar-refractivity contribution is -0.122. The summed E-state index contributed by atoms with van der Waals surface area (Å²) in [5.74, 6) is 1.84. The summed E-state index contributed by atoms with van der Waals surface area (Å²) >= 11 is 6.82. The number of morpholine rings is 1. The van der Waals surface area contributed by atoms with Gasteiger partial charge in [0.15, 0.2) is 11.5 Å². The van der Waals surface area contributed by atoms with Crippen molar-refractivity contribution in [1.82, 2.24) is 9.47 Å². The smallest absolute Gasteiger partial charge is 0.270 e. The fourth-order valence-electron chi connectivity index (χ4n) is 4.77. The van der Waals surface area contributed by atoms with Crippen molar-refractivity contribution in [2.45, 2.75) is 39.8 Å². The number of hydrogen-bond acceptors (Lipinski definition) is 9. The van der Waals surface area contributed by atoms with Gasteiger partial charge in [0.2, 0.25) is 6.79 Å². The van der Waals surface area contributed by atoms with E-state index in [-0.39, 0.29) is 23.8 Å². The van der Waals surface area contributed by atoms with Crippen LogP contribution in [0, 0.1) is 18.3 Å². The summed E-state index contributed by atoms with van der Waals surface area (Å²) in [6.45, 7) is 7.11. The molecule has 2 aromatic rings. The third-order valence-electron chi connectivity index (χ3n) is 6.82. The van der Waals surface area contributed by atoms with Gasteiger partial charge in [0.1, 0.15) is 21.8 Å². The highest BCUT2D eigenvalue weighted by Crippen LogP contribution is 2.38. The number of amides is 1. The Morgan fingerprint density at radius 2 is 1.95 bits per heavy atom. The molecule has 0 spiro atoms. The zero-order valence-corrected chi connectivity index (χ0v) is 23.0. The predicted octanol–water partition coefficient (Wildman–Crippen LogP) is 3.80. The van der Waals surface area contributed by atoms with E-state index in [2.05, 4.69) is 17.9 Å². The van der Waals surface area contributed by atoms with Crippen molar-refractivity contribution in [2.75, 3.05) is 38.0 Å². The number of nitrogens with zero attached hydrogens (tertiary/aromatic N) is 4. The fourth-order valence-corrected chi connectivity index (χ4v) is 6.01. The van der Waals surface area contributed by atoms with E-state index in [9.17, 15) is 14.9 Å². The first-order valence-electron chi connectivity index (χ1n) is 12.6. The Kier molecular flexibility index (Phi) is 7.74. The SMILES string of the molecule is CCCCn1c(N2CCOCC2)c(/C=C2\SC(=S)N(Cc3ccc4c(c3)OCO4)C2=O)c(C)c(C#N)c1=O. The average molecular weight is 553 g/mol. The highest BCUT2D eigenvalue weighted by atomic mass is 32.2. The summed E-state index contributed by atoms with van der Waals surface area (Å²) in [5.41, 5.74) is 1.93. The topological polar surface area (TPSA) is 97.0 Å². The monoisotopic (exact) mass is 552 g/mol. The first-order valence-corrected chi connectivity index (χ1v) is 13.8. The molecule has 1 aromatic carbocycles. The second-order valence-electron chi connectivity index (χ2n) is 9.21. The molecule has 3 aliphatic rings. The minimum atomic E-state index is -0.299. The van der Waals surface area contributed by atoms with Crippen LogP contribution >= 0.6 is 24.0 Å². The second kappa shape index (κ2) is 11.2. The van der Waals surface area contributed by atoms with Crippen LogP contribution in [0.5, 0.6) is 11.5 Å². The lowest BCUT2D eigenvalue weighted by Gasteiger charge is -2.33. The van der Waals surface area contributed by atoms with Crippen molar-refractivity contribution >= 4 is 46.1 Å². The zero-order chi connectivity index (χ0) is 26.8. The number of unbranched alkanes of at least 4 members (excludes halogenated alkanes) is 1. The number of ether oxygens (including phenoxy) is 3. The third-order valence-corrected chi connectivity index (χ3v) is 8.20. The molecule has 3 aliphatic heterocycles. The second-order valence-corrected chi connectivity index (χ2v) is 10.9. The van der Waals surface area contributed by atoms with Crippen molar-refractivity contribution in [3.63, 3.8) is 0 Å². The standard InChI is InChI=1S/C27H28N4O5S2/c1-3-4-7-30-24(29-8-10-34-11-9-29)19(17(2)20(14-28)25(30)32)13-23-26(33)31(27(37)38-23)15-18-5-6-21-22(12-18)36-16-35-21/h5-6,12-13H,3-4,7-11,15-16H2,1-2H3/b23-13-. The highest BCUT2D eigenvalue weighted by molar-refractivity contribution is 8.26. The lowest BCUT2D eigenvalue weighted by Crippen LogP contribution is -2.41. The lowest BCUT2D eigenvalue weighted by atomic mass is 10.0. The number of pyridine rings is 1. The quantitative estimate of drug-likeness (QED) is 0.375. The molecule has 1 aromatic heterocycles. The number of thioether (sulfide) groups is 1. The molecule has 0 saturated carbocycles. The Morgan fingerprint density at radius 1 is 1.18 bits per heavy atom. The molecule has 4 heterocycles. The van der Waals surface area contributed by atoms with Crippen LogP contribution in [-0.2, 0) is 22.6 Å². The molecule has 0 atom stereocenters. The van der Waals surface area contributed by atoms with Crippen molar-refractivity contribution in [1.29, 1.82) is 5.26 Å². The molecule has 0 N–H and O–H groups in total. The van der Waals surface area contributed by atoms with Gasteiger partial charge in [-0.25, -0.2) is 0 Å². The molecule has 11 heteroatoms. The molecular formula is C27H28N4O5S2. The summed E-state index contributed by atoms with van der Waals surface area (Å²) in [6, 6.07) is 7.67. The van der Waals surface area contributed by atoms with Gasteiger partial charge in [-0.15, -0.1) is 0 Å². The first-order chi connectivity index (χ1) is 18.4. The van der Waals surface area contributed by atoms with Crippen molar-refractivity contribution in [3.05, 3.63) is 55.7 Å². The Labute approximate surface area is 230 Å². The average Bonchev–Trinajstić information content (AvgIpc) is 3.49. The Hall–Kier alpha value is -3.33. The van der Waals surface area contributed by atoms with Crippen LogP contribution in [0.4, 0.5) is 5.82 Å². The molecule has 5 rings (SSSR count). The highest BCUT2D eigenvalue weighted by Gasteiger charge is 2.34. The molecule has 0 radical (unpaired) electrons. The molecule has 2 fully saturated rings. The summed E-state index contributed by atoms with van der Waals surface area (Å²) in [7, 11) is 0. The number of carbonyl (C=O) groups excluding carboxylic acids is 1. The minimum Gasteiger partial charge on any atom is -0.454 e. The number of carbonyl (C=O) groups is 1. The molecule has 0 bridgehead atoms. The van der Waals surface area contributed by atoms with Gasteiger partial charge >= 0.3 is 0 Å². The molecule has 198 valence electrons. The number of hydrogen-bond donors (Lipinski definition) is 0. The van der Waals surface area contributed by atoms with E-state index in [1.54, 1.807) is 22.5 Å². The van der Waals surface area contributed by atoms with Gasteiger partial charge in [0.05, 0.1) is 24.7 Å². The molecule has 1 amide bonds. The number of thiocarbonyl (C=S) groups is 1. The van der Waals surface area contributed by atoms with Crippen LogP contribution in [0.25, 0.3) is 6.08 Å². The molecule has 2 saturated heterocycles. The number of rotatable bonds is 7. The Morgan fingerprint density at radius 3 is 2.68 bits per heavy atom. The van der Waals surface area contributed by atoms with Crippen molar-refractivity contribution in [2.24, 2.45) is 0 Å². The largest absolute Gasteiger partial charge is 0.454 e. The van der Waals surface area contributed by atoms with E-state index < -0.39 is 0 Å². The molecular weight excluding hydrogens is 524 g/mol. The number of fused-ring (bicyclic) bond motifs is 1. The third kappa shape index (κ3) is 4.91. The van der Waals surface area contributed by atoms with Gasteiger partial charge in [-0.2, -0.15) is 5.26 Å². The van der Waals surface area contributed by atoms with Crippen LogP contribution in [0.1, 0.15) is 42.0 Å². The molecule has 38 heavy (non-hydrogen) atoms.